The van der Waals surface area contributed by atoms with E-state index in [4.69, 9.17) is 4.74 Å². The Morgan fingerprint density at radius 3 is 2.60 bits per heavy atom. The number of ether oxygens (including phenoxy) is 1. The number of nitrogens with zero attached hydrogens (tertiary/aromatic N) is 1. The minimum Gasteiger partial charge on any atom is -0.373 e. The fourth-order valence-corrected chi connectivity index (χ4v) is 2.97. The van der Waals surface area contributed by atoms with Crippen LogP contribution in [0.25, 0.3) is 11.3 Å². The van der Waals surface area contributed by atoms with Crippen molar-refractivity contribution in [3.8, 4) is 11.3 Å². The summed E-state index contributed by atoms with van der Waals surface area (Å²) < 4.78 is 5.26. The monoisotopic (exact) mass is 289 g/mol. The third-order valence-electron chi connectivity index (χ3n) is 3.12. The van der Waals surface area contributed by atoms with E-state index in [1.807, 2.05) is 49.6 Å². The van der Waals surface area contributed by atoms with E-state index in [2.05, 4.69) is 4.98 Å². The molecular formula is C16H19NO2S. The Morgan fingerprint density at radius 1 is 1.30 bits per heavy atom. The molecule has 0 saturated heterocycles. The normalized spacial score (nSPS) is 12.6. The molecule has 0 aliphatic heterocycles. The number of hydrogen-bond donors (Lipinski definition) is 0. The van der Waals surface area contributed by atoms with Gasteiger partial charge in [-0.3, -0.25) is 4.79 Å². The highest BCUT2D eigenvalue weighted by Gasteiger charge is 2.22. The van der Waals surface area contributed by atoms with Gasteiger partial charge in [-0.2, -0.15) is 0 Å². The SMILES string of the molecule is COC(C(=O)Cc1nc(-c2ccccc2)cs1)C(C)C. The van der Waals surface area contributed by atoms with Crippen LogP contribution in [0.4, 0.5) is 0 Å². The molecule has 0 saturated carbocycles. The van der Waals surface area contributed by atoms with E-state index in [0.717, 1.165) is 16.3 Å². The summed E-state index contributed by atoms with van der Waals surface area (Å²) >= 11 is 1.52. The standard InChI is InChI=1S/C16H19NO2S/c1-11(2)16(19-3)14(18)9-15-17-13(10-20-15)12-7-5-4-6-8-12/h4-8,10-11,16H,9H2,1-3H3. The first-order valence-electron chi connectivity index (χ1n) is 6.67. The lowest BCUT2D eigenvalue weighted by atomic mass is 10.0. The van der Waals surface area contributed by atoms with Crippen LogP contribution < -0.4 is 0 Å². The molecule has 20 heavy (non-hydrogen) atoms. The van der Waals surface area contributed by atoms with Gasteiger partial charge in [0.05, 0.1) is 12.1 Å². The van der Waals surface area contributed by atoms with E-state index < -0.39 is 0 Å². The van der Waals surface area contributed by atoms with Crippen molar-refractivity contribution < 1.29 is 9.53 Å². The lowest BCUT2D eigenvalue weighted by molar-refractivity contribution is -0.130. The Hall–Kier alpha value is -1.52. The number of aromatic nitrogens is 1. The predicted molar refractivity (Wildman–Crippen MR) is 81.9 cm³/mol. The summed E-state index contributed by atoms with van der Waals surface area (Å²) in [5.41, 5.74) is 2.01. The second kappa shape index (κ2) is 6.77. The summed E-state index contributed by atoms with van der Waals surface area (Å²) in [6.45, 7) is 3.98. The van der Waals surface area contributed by atoms with Crippen LogP contribution >= 0.6 is 11.3 Å². The zero-order chi connectivity index (χ0) is 14.5. The second-order valence-electron chi connectivity index (χ2n) is 5.04. The van der Waals surface area contributed by atoms with Gasteiger partial charge in [0.2, 0.25) is 0 Å². The number of carbonyl (C=O) groups excluding carboxylic acids is 1. The van der Waals surface area contributed by atoms with Crippen LogP contribution in [-0.4, -0.2) is 24.0 Å². The van der Waals surface area contributed by atoms with Gasteiger partial charge >= 0.3 is 0 Å². The maximum absolute atomic E-state index is 12.2. The van der Waals surface area contributed by atoms with Crippen LogP contribution in [0, 0.1) is 5.92 Å². The molecule has 1 heterocycles. The molecule has 2 aromatic rings. The summed E-state index contributed by atoms with van der Waals surface area (Å²) in [6, 6.07) is 9.99. The van der Waals surface area contributed by atoms with Gasteiger partial charge in [0.1, 0.15) is 11.1 Å². The lowest BCUT2D eigenvalue weighted by Gasteiger charge is -2.16. The van der Waals surface area contributed by atoms with Gasteiger partial charge < -0.3 is 4.74 Å². The van der Waals surface area contributed by atoms with Crippen molar-refractivity contribution in [2.24, 2.45) is 5.92 Å². The molecule has 106 valence electrons. The smallest absolute Gasteiger partial charge is 0.168 e. The number of hydrogen-bond acceptors (Lipinski definition) is 4. The van der Waals surface area contributed by atoms with Gasteiger partial charge in [0, 0.05) is 18.1 Å². The molecule has 0 amide bonds. The minimum absolute atomic E-state index is 0.0939. The van der Waals surface area contributed by atoms with Crippen LogP contribution in [0.5, 0.6) is 0 Å². The Balaban J connectivity index is 2.08. The molecule has 1 aromatic heterocycles. The molecule has 2 rings (SSSR count). The largest absolute Gasteiger partial charge is 0.373 e. The van der Waals surface area contributed by atoms with Crippen LogP contribution in [0.3, 0.4) is 0 Å². The van der Waals surface area contributed by atoms with Crippen molar-refractivity contribution in [3.63, 3.8) is 0 Å². The first-order valence-corrected chi connectivity index (χ1v) is 7.55. The van der Waals surface area contributed by atoms with Crippen molar-refractivity contribution in [1.82, 2.24) is 4.98 Å². The van der Waals surface area contributed by atoms with Crippen LogP contribution in [-0.2, 0) is 16.0 Å². The molecule has 0 aliphatic carbocycles. The van der Waals surface area contributed by atoms with E-state index in [1.165, 1.54) is 11.3 Å². The van der Waals surface area contributed by atoms with E-state index in [0.29, 0.717) is 6.42 Å². The third-order valence-corrected chi connectivity index (χ3v) is 3.97. The molecule has 4 heteroatoms. The third kappa shape index (κ3) is 3.52. The maximum Gasteiger partial charge on any atom is 0.168 e. The Bertz CT molecular complexity index is 563. The zero-order valence-electron chi connectivity index (χ0n) is 12.0. The van der Waals surface area contributed by atoms with E-state index in [-0.39, 0.29) is 17.8 Å². The summed E-state index contributed by atoms with van der Waals surface area (Å²) in [5, 5.41) is 2.84. The molecule has 0 aliphatic rings. The van der Waals surface area contributed by atoms with Gasteiger partial charge in [0.15, 0.2) is 5.78 Å². The second-order valence-corrected chi connectivity index (χ2v) is 5.98. The van der Waals surface area contributed by atoms with Gasteiger partial charge in [-0.05, 0) is 5.92 Å². The van der Waals surface area contributed by atoms with Crippen molar-refractivity contribution in [2.75, 3.05) is 7.11 Å². The Kier molecular flexibility index (Phi) is 5.04. The van der Waals surface area contributed by atoms with E-state index in [9.17, 15) is 4.79 Å². The zero-order valence-corrected chi connectivity index (χ0v) is 12.8. The number of rotatable bonds is 6. The quantitative estimate of drug-likeness (QED) is 0.815. The maximum atomic E-state index is 12.2. The van der Waals surface area contributed by atoms with Gasteiger partial charge in [-0.25, -0.2) is 4.98 Å². The predicted octanol–water partition coefficient (Wildman–Crippen LogP) is 3.59. The fraction of sp³-hybridized carbons (Fsp3) is 0.375. The highest BCUT2D eigenvalue weighted by molar-refractivity contribution is 7.10. The molecule has 0 spiro atoms. The van der Waals surface area contributed by atoms with Gasteiger partial charge in [-0.1, -0.05) is 44.2 Å². The van der Waals surface area contributed by atoms with Crippen LogP contribution in [0.15, 0.2) is 35.7 Å². The molecule has 1 aromatic carbocycles. The summed E-state index contributed by atoms with van der Waals surface area (Å²) in [5.74, 6) is 0.275. The van der Waals surface area contributed by atoms with Crippen LogP contribution in [0.2, 0.25) is 0 Å². The average Bonchev–Trinajstić information content (AvgIpc) is 2.88. The number of Topliss-reactive ketones (excluding diaryl/α,β-unsaturated/α-hetero) is 1. The molecule has 1 unspecified atom stereocenters. The minimum atomic E-state index is -0.348. The molecule has 0 radical (unpaired) electrons. The molecule has 1 atom stereocenters. The number of carbonyl (C=O) groups is 1. The number of methoxy groups -OCH3 is 1. The van der Waals surface area contributed by atoms with Crippen molar-refractivity contribution in [2.45, 2.75) is 26.4 Å². The van der Waals surface area contributed by atoms with E-state index in [1.54, 1.807) is 7.11 Å². The van der Waals surface area contributed by atoms with E-state index >= 15 is 0 Å². The Labute approximate surface area is 123 Å². The topological polar surface area (TPSA) is 39.2 Å². The molecule has 3 nitrogen and oxygen atoms in total. The number of thiazole rings is 1. The number of ketones is 1. The lowest BCUT2D eigenvalue weighted by Crippen LogP contribution is -2.29. The van der Waals surface area contributed by atoms with Crippen molar-refractivity contribution in [1.29, 1.82) is 0 Å². The van der Waals surface area contributed by atoms with Gasteiger partial charge in [-0.15, -0.1) is 11.3 Å². The Morgan fingerprint density at radius 2 is 2.00 bits per heavy atom. The van der Waals surface area contributed by atoms with Crippen molar-refractivity contribution >= 4 is 17.1 Å². The van der Waals surface area contributed by atoms with Crippen molar-refractivity contribution in [3.05, 3.63) is 40.7 Å². The average molecular weight is 289 g/mol. The number of benzene rings is 1. The van der Waals surface area contributed by atoms with Crippen LogP contribution in [0.1, 0.15) is 18.9 Å². The fourth-order valence-electron chi connectivity index (χ4n) is 2.16. The molecule has 0 N–H and O–H groups in total. The summed E-state index contributed by atoms with van der Waals surface area (Å²) in [7, 11) is 1.58. The van der Waals surface area contributed by atoms with Gasteiger partial charge in [0.25, 0.3) is 0 Å². The summed E-state index contributed by atoms with van der Waals surface area (Å²) in [4.78, 5) is 16.7. The molecule has 0 fully saturated rings. The first kappa shape index (κ1) is 14.9. The highest BCUT2D eigenvalue weighted by atomic mass is 32.1. The highest BCUT2D eigenvalue weighted by Crippen LogP contribution is 2.22. The summed E-state index contributed by atoms with van der Waals surface area (Å²) in [6.07, 6.45) is -0.00662. The molecule has 0 bridgehead atoms. The first-order chi connectivity index (χ1) is 9.61. The molecular weight excluding hydrogens is 270 g/mol.